The summed E-state index contributed by atoms with van der Waals surface area (Å²) in [6.45, 7) is 1.62. The molecule has 3 rings (SSSR count). The van der Waals surface area contributed by atoms with Gasteiger partial charge in [-0.25, -0.2) is 5.43 Å². The van der Waals surface area contributed by atoms with Crippen LogP contribution in [0, 0.1) is 17.0 Å². The second kappa shape index (κ2) is 9.41. The van der Waals surface area contributed by atoms with Gasteiger partial charge in [0.2, 0.25) is 0 Å². The summed E-state index contributed by atoms with van der Waals surface area (Å²) in [6, 6.07) is 12.4. The first kappa shape index (κ1) is 22.0. The van der Waals surface area contributed by atoms with E-state index in [1.807, 2.05) is 0 Å². The van der Waals surface area contributed by atoms with Crippen molar-refractivity contribution in [2.24, 2.45) is 5.10 Å². The number of halogens is 2. The average molecular weight is 461 g/mol. The lowest BCUT2D eigenvalue weighted by Gasteiger charge is -2.06. The van der Waals surface area contributed by atoms with Crippen LogP contribution < -0.4 is 10.7 Å². The van der Waals surface area contributed by atoms with E-state index >= 15 is 0 Å². The van der Waals surface area contributed by atoms with Crippen molar-refractivity contribution in [2.75, 3.05) is 5.32 Å². The van der Waals surface area contributed by atoms with E-state index in [0.717, 1.165) is 0 Å². The number of rotatable bonds is 5. The number of nitro benzene ring substituents is 1. The molecule has 0 aliphatic carbocycles. The summed E-state index contributed by atoms with van der Waals surface area (Å²) in [7, 11) is 0. The zero-order valence-electron chi connectivity index (χ0n) is 15.9. The van der Waals surface area contributed by atoms with E-state index in [4.69, 9.17) is 27.6 Å². The van der Waals surface area contributed by atoms with Gasteiger partial charge in [-0.05, 0) is 31.2 Å². The van der Waals surface area contributed by atoms with Crippen LogP contribution in [0.3, 0.4) is 0 Å². The molecule has 1 aromatic heterocycles. The molecule has 0 unspecified atom stereocenters. The minimum absolute atomic E-state index is 0.0257. The fourth-order valence-electron chi connectivity index (χ4n) is 2.64. The molecule has 0 aliphatic rings. The molecule has 0 fully saturated rings. The Morgan fingerprint density at radius 2 is 1.84 bits per heavy atom. The lowest BCUT2D eigenvalue weighted by atomic mass is 10.1. The quantitative estimate of drug-likeness (QED) is 0.249. The van der Waals surface area contributed by atoms with Crippen molar-refractivity contribution in [3.8, 4) is 11.3 Å². The highest BCUT2D eigenvalue weighted by molar-refractivity contribution is 6.45. The normalized spacial score (nSPS) is 10.8. The Morgan fingerprint density at radius 3 is 2.58 bits per heavy atom. The van der Waals surface area contributed by atoms with Crippen LogP contribution in [0.15, 0.2) is 58.0 Å². The van der Waals surface area contributed by atoms with Crippen LogP contribution in [-0.2, 0) is 9.59 Å². The summed E-state index contributed by atoms with van der Waals surface area (Å²) in [5.74, 6) is -1.37. The van der Waals surface area contributed by atoms with E-state index < -0.39 is 16.7 Å². The molecule has 2 amide bonds. The smallest absolute Gasteiger partial charge is 0.329 e. The van der Waals surface area contributed by atoms with Crippen LogP contribution >= 0.6 is 23.2 Å². The van der Waals surface area contributed by atoms with Crippen molar-refractivity contribution in [3.63, 3.8) is 0 Å². The molecule has 2 aromatic carbocycles. The van der Waals surface area contributed by atoms with Gasteiger partial charge in [0.25, 0.3) is 5.69 Å². The van der Waals surface area contributed by atoms with Gasteiger partial charge in [0, 0.05) is 17.2 Å². The second-order valence-corrected chi connectivity index (χ2v) is 6.95. The third kappa shape index (κ3) is 5.08. The minimum atomic E-state index is -1.03. The van der Waals surface area contributed by atoms with Gasteiger partial charge in [-0.3, -0.25) is 19.7 Å². The topological polar surface area (TPSA) is 127 Å². The Hall–Kier alpha value is -3.69. The maximum Gasteiger partial charge on any atom is 0.329 e. The lowest BCUT2D eigenvalue weighted by molar-refractivity contribution is -0.385. The molecule has 2 N–H and O–H groups in total. The zero-order valence-corrected chi connectivity index (χ0v) is 17.4. The fourth-order valence-corrected chi connectivity index (χ4v) is 2.99. The molecule has 31 heavy (non-hydrogen) atoms. The SMILES string of the molecule is Cc1c(-c2ccc(/C=N/NC(=O)C(=O)Nc3cccc(Cl)c3Cl)o2)cccc1[N+](=O)[O-]. The molecule has 11 heteroatoms. The first-order valence-corrected chi connectivity index (χ1v) is 9.46. The van der Waals surface area contributed by atoms with E-state index in [-0.39, 0.29) is 27.2 Å². The van der Waals surface area contributed by atoms with Crippen LogP contribution in [0.25, 0.3) is 11.3 Å². The van der Waals surface area contributed by atoms with Gasteiger partial charge in [-0.15, -0.1) is 0 Å². The van der Waals surface area contributed by atoms with Crippen LogP contribution in [0.1, 0.15) is 11.3 Å². The number of nitrogens with one attached hydrogen (secondary N) is 2. The fraction of sp³-hybridized carbons (Fsp3) is 0.0500. The molecule has 0 spiro atoms. The van der Waals surface area contributed by atoms with Crippen LogP contribution in [-0.4, -0.2) is 23.0 Å². The number of hydrazone groups is 1. The van der Waals surface area contributed by atoms with Crippen molar-refractivity contribution in [3.05, 3.63) is 80.0 Å². The van der Waals surface area contributed by atoms with E-state index in [9.17, 15) is 19.7 Å². The monoisotopic (exact) mass is 460 g/mol. The van der Waals surface area contributed by atoms with Crippen molar-refractivity contribution in [1.82, 2.24) is 5.43 Å². The minimum Gasteiger partial charge on any atom is -0.455 e. The summed E-state index contributed by atoms with van der Waals surface area (Å²) >= 11 is 11.8. The van der Waals surface area contributed by atoms with Gasteiger partial charge in [0.15, 0.2) is 0 Å². The molecule has 0 saturated heterocycles. The van der Waals surface area contributed by atoms with E-state index in [1.54, 1.807) is 37.3 Å². The Labute approximate surface area is 185 Å². The third-order valence-corrected chi connectivity index (χ3v) is 4.98. The molecule has 0 aliphatic heterocycles. The molecule has 0 saturated carbocycles. The van der Waals surface area contributed by atoms with E-state index in [0.29, 0.717) is 16.9 Å². The Morgan fingerprint density at radius 1 is 1.10 bits per heavy atom. The van der Waals surface area contributed by atoms with Crippen LogP contribution in [0.2, 0.25) is 10.0 Å². The Balaban J connectivity index is 1.65. The van der Waals surface area contributed by atoms with Crippen molar-refractivity contribution < 1.29 is 18.9 Å². The van der Waals surface area contributed by atoms with Crippen molar-refractivity contribution in [2.45, 2.75) is 6.92 Å². The Bertz CT molecular complexity index is 1210. The molecule has 3 aromatic rings. The van der Waals surface area contributed by atoms with E-state index in [2.05, 4.69) is 15.8 Å². The number of carbonyl (C=O) groups excluding carboxylic acids is 2. The summed E-state index contributed by atoms with van der Waals surface area (Å²) in [4.78, 5) is 34.5. The maximum atomic E-state index is 12.0. The predicted molar refractivity (Wildman–Crippen MR) is 116 cm³/mol. The van der Waals surface area contributed by atoms with Gasteiger partial charge in [-0.2, -0.15) is 5.10 Å². The summed E-state index contributed by atoms with van der Waals surface area (Å²) in [6.07, 6.45) is 1.19. The highest BCUT2D eigenvalue weighted by atomic mass is 35.5. The average Bonchev–Trinajstić information content (AvgIpc) is 3.19. The second-order valence-electron chi connectivity index (χ2n) is 6.16. The first-order valence-electron chi connectivity index (χ1n) is 8.70. The highest BCUT2D eigenvalue weighted by Gasteiger charge is 2.17. The Kier molecular flexibility index (Phi) is 6.68. The van der Waals surface area contributed by atoms with Gasteiger partial charge in [0.05, 0.1) is 26.9 Å². The molecular weight excluding hydrogens is 447 g/mol. The van der Waals surface area contributed by atoms with Crippen LogP contribution in [0.5, 0.6) is 0 Å². The van der Waals surface area contributed by atoms with Crippen LogP contribution in [0.4, 0.5) is 11.4 Å². The first-order chi connectivity index (χ1) is 14.8. The molecular formula is C20H14Cl2N4O5. The van der Waals surface area contributed by atoms with Gasteiger partial charge in [-0.1, -0.05) is 41.4 Å². The van der Waals surface area contributed by atoms with Gasteiger partial charge < -0.3 is 9.73 Å². The molecule has 0 bridgehead atoms. The van der Waals surface area contributed by atoms with Gasteiger partial charge in [0.1, 0.15) is 11.5 Å². The molecule has 0 radical (unpaired) electrons. The predicted octanol–water partition coefficient (Wildman–Crippen LogP) is 4.56. The number of hydrogen-bond donors (Lipinski definition) is 2. The number of furan rings is 1. The number of hydrogen-bond acceptors (Lipinski definition) is 6. The number of nitro groups is 1. The largest absolute Gasteiger partial charge is 0.455 e. The van der Waals surface area contributed by atoms with Crippen molar-refractivity contribution >= 4 is 52.6 Å². The molecule has 0 atom stereocenters. The van der Waals surface area contributed by atoms with Crippen molar-refractivity contribution in [1.29, 1.82) is 0 Å². The molecule has 1 heterocycles. The highest BCUT2D eigenvalue weighted by Crippen LogP contribution is 2.31. The lowest BCUT2D eigenvalue weighted by Crippen LogP contribution is -2.32. The molecule has 9 nitrogen and oxygen atoms in total. The summed E-state index contributed by atoms with van der Waals surface area (Å²) in [5, 5.41) is 17.4. The third-order valence-electron chi connectivity index (χ3n) is 4.16. The van der Waals surface area contributed by atoms with Gasteiger partial charge >= 0.3 is 11.8 Å². The molecule has 158 valence electrons. The number of carbonyl (C=O) groups is 2. The number of anilines is 1. The van der Waals surface area contributed by atoms with E-state index in [1.165, 1.54) is 24.4 Å². The standard InChI is InChI=1S/C20H14Cl2N4O5/c1-11-13(4-2-7-16(11)26(29)30)17-9-8-12(31-17)10-23-25-20(28)19(27)24-15-6-3-5-14(21)18(15)22/h2-10H,1H3,(H,24,27)(H,25,28)/b23-10+. The number of benzene rings is 2. The summed E-state index contributed by atoms with van der Waals surface area (Å²) < 4.78 is 5.60. The number of amides is 2. The maximum absolute atomic E-state index is 12.0. The number of nitrogens with zero attached hydrogens (tertiary/aromatic N) is 2. The zero-order chi connectivity index (χ0) is 22.5. The summed E-state index contributed by atoms with van der Waals surface area (Å²) in [5.41, 5.74) is 3.22.